The smallest absolute Gasteiger partial charge is 0.326 e. The molecule has 1 aliphatic carbocycles. The average Bonchev–Trinajstić information content (AvgIpc) is 2.96. The van der Waals surface area contributed by atoms with E-state index in [1.807, 2.05) is 13.8 Å². The van der Waals surface area contributed by atoms with Crippen LogP contribution in [0.1, 0.15) is 39.5 Å². The normalized spacial score (nSPS) is 19.3. The van der Waals surface area contributed by atoms with Gasteiger partial charge < -0.3 is 10.4 Å². The fourth-order valence-corrected chi connectivity index (χ4v) is 1.50. The number of carboxylic acid groups (broad SMARTS) is 1. The highest BCUT2D eigenvalue weighted by atomic mass is 16.4. The molecule has 1 rings (SSSR count). The predicted molar refractivity (Wildman–Crippen MR) is 56.4 cm³/mol. The van der Waals surface area contributed by atoms with E-state index >= 15 is 0 Å². The number of amides is 1. The minimum Gasteiger partial charge on any atom is -0.480 e. The molecule has 2 atom stereocenters. The Morgan fingerprint density at radius 2 is 2.07 bits per heavy atom. The third-order valence-electron chi connectivity index (χ3n) is 2.97. The van der Waals surface area contributed by atoms with E-state index in [1.165, 1.54) is 0 Å². The molecule has 86 valence electrons. The highest BCUT2D eigenvalue weighted by molar-refractivity contribution is 5.83. The van der Waals surface area contributed by atoms with Crippen LogP contribution >= 0.6 is 0 Å². The van der Waals surface area contributed by atoms with Crippen LogP contribution in [0.5, 0.6) is 0 Å². The number of aliphatic carboxylic acids is 1. The van der Waals surface area contributed by atoms with Gasteiger partial charge in [0, 0.05) is 6.42 Å². The van der Waals surface area contributed by atoms with Gasteiger partial charge in [-0.15, -0.1) is 0 Å². The summed E-state index contributed by atoms with van der Waals surface area (Å²) in [6, 6.07) is -0.735. The molecule has 1 saturated carbocycles. The number of carbonyl (C=O) groups is 2. The van der Waals surface area contributed by atoms with Crippen molar-refractivity contribution in [3.63, 3.8) is 0 Å². The van der Waals surface area contributed by atoms with Crippen LogP contribution in [0.15, 0.2) is 0 Å². The van der Waals surface area contributed by atoms with E-state index in [0.29, 0.717) is 12.3 Å². The summed E-state index contributed by atoms with van der Waals surface area (Å²) < 4.78 is 0. The summed E-state index contributed by atoms with van der Waals surface area (Å²) >= 11 is 0. The molecule has 4 nitrogen and oxygen atoms in total. The average molecular weight is 213 g/mol. The van der Waals surface area contributed by atoms with Crippen LogP contribution in [0.2, 0.25) is 0 Å². The molecule has 0 aromatic heterocycles. The van der Waals surface area contributed by atoms with Gasteiger partial charge in [-0.2, -0.15) is 0 Å². The number of rotatable bonds is 6. The van der Waals surface area contributed by atoms with Crippen molar-refractivity contribution in [2.75, 3.05) is 0 Å². The van der Waals surface area contributed by atoms with Crippen molar-refractivity contribution >= 4 is 11.9 Å². The van der Waals surface area contributed by atoms with Crippen molar-refractivity contribution in [1.29, 1.82) is 0 Å². The quantitative estimate of drug-likeness (QED) is 0.701. The summed E-state index contributed by atoms with van der Waals surface area (Å²) in [5.41, 5.74) is 0. The Morgan fingerprint density at radius 1 is 1.47 bits per heavy atom. The molecular formula is C11H19NO3. The fraction of sp³-hybridized carbons (Fsp3) is 0.818. The SMILES string of the molecule is CCC(C)[C@H](NC(=O)CC1CC1)C(=O)O. The van der Waals surface area contributed by atoms with E-state index in [4.69, 9.17) is 5.11 Å². The first-order valence-corrected chi connectivity index (χ1v) is 5.56. The zero-order chi connectivity index (χ0) is 11.4. The van der Waals surface area contributed by atoms with Crippen molar-refractivity contribution < 1.29 is 14.7 Å². The van der Waals surface area contributed by atoms with Crippen molar-refractivity contribution in [2.24, 2.45) is 11.8 Å². The molecule has 1 fully saturated rings. The molecule has 0 aliphatic heterocycles. The molecule has 2 N–H and O–H groups in total. The molecular weight excluding hydrogens is 194 g/mol. The van der Waals surface area contributed by atoms with Crippen molar-refractivity contribution in [2.45, 2.75) is 45.6 Å². The molecule has 1 unspecified atom stereocenters. The lowest BCUT2D eigenvalue weighted by Crippen LogP contribution is -2.45. The first-order chi connectivity index (χ1) is 7.04. The standard InChI is InChI=1S/C11H19NO3/c1-3-7(2)10(11(14)15)12-9(13)6-8-4-5-8/h7-8,10H,3-6H2,1-2H3,(H,12,13)(H,14,15)/t7?,10-/m0/s1. The van der Waals surface area contributed by atoms with Crippen molar-refractivity contribution in [3.8, 4) is 0 Å². The summed E-state index contributed by atoms with van der Waals surface area (Å²) in [5.74, 6) is -0.583. The zero-order valence-electron chi connectivity index (χ0n) is 9.32. The minimum absolute atomic E-state index is 0.0225. The second kappa shape index (κ2) is 5.14. The van der Waals surface area contributed by atoms with Crippen LogP contribution in [0.3, 0.4) is 0 Å². The van der Waals surface area contributed by atoms with Gasteiger partial charge >= 0.3 is 5.97 Å². The summed E-state index contributed by atoms with van der Waals surface area (Å²) in [7, 11) is 0. The van der Waals surface area contributed by atoms with E-state index in [-0.39, 0.29) is 11.8 Å². The largest absolute Gasteiger partial charge is 0.480 e. The number of nitrogens with one attached hydrogen (secondary N) is 1. The Morgan fingerprint density at radius 3 is 2.47 bits per heavy atom. The summed E-state index contributed by atoms with van der Waals surface area (Å²) in [5, 5.41) is 11.6. The third kappa shape index (κ3) is 3.90. The molecule has 0 spiro atoms. The van der Waals surface area contributed by atoms with E-state index in [9.17, 15) is 9.59 Å². The molecule has 1 aliphatic rings. The molecule has 4 heteroatoms. The number of carboxylic acids is 1. The molecule has 0 aromatic rings. The minimum atomic E-state index is -0.937. The molecule has 0 heterocycles. The maximum Gasteiger partial charge on any atom is 0.326 e. The second-order valence-corrected chi connectivity index (χ2v) is 4.42. The number of hydrogen-bond acceptors (Lipinski definition) is 2. The molecule has 15 heavy (non-hydrogen) atoms. The van der Waals surface area contributed by atoms with Gasteiger partial charge in [-0.1, -0.05) is 20.3 Å². The van der Waals surface area contributed by atoms with Gasteiger partial charge in [-0.3, -0.25) is 4.79 Å². The van der Waals surface area contributed by atoms with Crippen LogP contribution in [-0.4, -0.2) is 23.0 Å². The van der Waals surface area contributed by atoms with Gasteiger partial charge in [0.25, 0.3) is 0 Å². The highest BCUT2D eigenvalue weighted by Gasteiger charge is 2.29. The van der Waals surface area contributed by atoms with E-state index in [1.54, 1.807) is 0 Å². The van der Waals surface area contributed by atoms with Crippen LogP contribution in [0, 0.1) is 11.8 Å². The molecule has 0 bridgehead atoms. The molecule has 0 aromatic carbocycles. The van der Waals surface area contributed by atoms with E-state index in [0.717, 1.165) is 19.3 Å². The zero-order valence-corrected chi connectivity index (χ0v) is 9.32. The first kappa shape index (κ1) is 12.0. The van der Waals surface area contributed by atoms with Gasteiger partial charge in [0.05, 0.1) is 0 Å². The van der Waals surface area contributed by atoms with E-state index in [2.05, 4.69) is 5.32 Å². The number of carbonyl (C=O) groups excluding carboxylic acids is 1. The summed E-state index contributed by atoms with van der Waals surface area (Å²) in [6.07, 6.45) is 3.45. The Hall–Kier alpha value is -1.06. The van der Waals surface area contributed by atoms with Crippen LogP contribution in [0.25, 0.3) is 0 Å². The highest BCUT2D eigenvalue weighted by Crippen LogP contribution is 2.32. The van der Waals surface area contributed by atoms with Crippen LogP contribution in [-0.2, 0) is 9.59 Å². The maximum atomic E-state index is 11.5. The van der Waals surface area contributed by atoms with Gasteiger partial charge in [-0.25, -0.2) is 4.79 Å². The molecule has 1 amide bonds. The Balaban J connectivity index is 2.41. The Kier molecular flexibility index (Phi) is 4.12. The maximum absolute atomic E-state index is 11.5. The molecule has 0 saturated heterocycles. The lowest BCUT2D eigenvalue weighted by atomic mass is 9.99. The van der Waals surface area contributed by atoms with Gasteiger partial charge in [-0.05, 0) is 24.7 Å². The second-order valence-electron chi connectivity index (χ2n) is 4.42. The number of hydrogen-bond donors (Lipinski definition) is 2. The first-order valence-electron chi connectivity index (χ1n) is 5.56. The summed E-state index contributed by atoms with van der Waals surface area (Å²) in [4.78, 5) is 22.4. The van der Waals surface area contributed by atoms with E-state index < -0.39 is 12.0 Å². The van der Waals surface area contributed by atoms with Gasteiger partial charge in [0.2, 0.25) is 5.91 Å². The fourth-order valence-electron chi connectivity index (χ4n) is 1.50. The van der Waals surface area contributed by atoms with Crippen LogP contribution < -0.4 is 5.32 Å². The monoisotopic (exact) mass is 213 g/mol. The summed E-state index contributed by atoms with van der Waals surface area (Å²) in [6.45, 7) is 3.77. The lowest BCUT2D eigenvalue weighted by Gasteiger charge is -2.19. The third-order valence-corrected chi connectivity index (χ3v) is 2.97. The molecule has 0 radical (unpaired) electrons. The Bertz CT molecular complexity index is 248. The topological polar surface area (TPSA) is 66.4 Å². The lowest BCUT2D eigenvalue weighted by molar-refractivity contribution is -0.143. The van der Waals surface area contributed by atoms with Crippen molar-refractivity contribution in [1.82, 2.24) is 5.32 Å². The van der Waals surface area contributed by atoms with Gasteiger partial charge in [0.15, 0.2) is 0 Å². The van der Waals surface area contributed by atoms with Gasteiger partial charge in [0.1, 0.15) is 6.04 Å². The van der Waals surface area contributed by atoms with Crippen LogP contribution in [0.4, 0.5) is 0 Å². The van der Waals surface area contributed by atoms with Crippen molar-refractivity contribution in [3.05, 3.63) is 0 Å². The predicted octanol–water partition coefficient (Wildman–Crippen LogP) is 1.40. The Labute approximate surface area is 90.0 Å².